The van der Waals surface area contributed by atoms with Gasteiger partial charge in [0.2, 0.25) is 0 Å². The molecule has 0 heterocycles. The molecule has 14 heavy (non-hydrogen) atoms. The second kappa shape index (κ2) is 4.45. The van der Waals surface area contributed by atoms with Gasteiger partial charge >= 0.3 is 5.69 Å². The van der Waals surface area contributed by atoms with Gasteiger partial charge in [0.1, 0.15) is 5.69 Å². The van der Waals surface area contributed by atoms with Crippen molar-refractivity contribution in [3.8, 4) is 0 Å². The molecule has 5 heteroatoms. The van der Waals surface area contributed by atoms with Crippen molar-refractivity contribution in [2.75, 3.05) is 7.11 Å². The quantitative estimate of drug-likeness (QED) is 0.548. The van der Waals surface area contributed by atoms with Crippen LogP contribution in [-0.4, -0.2) is 12.0 Å². The molecule has 1 aromatic rings. The van der Waals surface area contributed by atoms with Gasteiger partial charge in [-0.2, -0.15) is 0 Å². The number of nitrogens with zero attached hydrogens (tertiary/aromatic N) is 2. The van der Waals surface area contributed by atoms with Crippen molar-refractivity contribution in [2.45, 2.75) is 13.3 Å². The fraction of sp³-hybridized carbons (Fsp3) is 0.333. The Morgan fingerprint density at radius 3 is 2.64 bits per heavy atom. The summed E-state index contributed by atoms with van der Waals surface area (Å²) in [6, 6.07) is 4.67. The van der Waals surface area contributed by atoms with Crippen molar-refractivity contribution in [2.24, 2.45) is 5.18 Å². The van der Waals surface area contributed by atoms with Gasteiger partial charge in [-0.25, -0.2) is 4.84 Å². The average molecular weight is 195 g/mol. The van der Waals surface area contributed by atoms with Gasteiger partial charge in [-0.1, -0.05) is 6.92 Å². The fourth-order valence-corrected chi connectivity index (χ4v) is 1.12. The predicted molar refractivity (Wildman–Crippen MR) is 51.6 cm³/mol. The van der Waals surface area contributed by atoms with Crippen LogP contribution in [0.15, 0.2) is 23.4 Å². The molecule has 1 aromatic carbocycles. The summed E-state index contributed by atoms with van der Waals surface area (Å²) in [7, 11) is 1.26. The fourth-order valence-electron chi connectivity index (χ4n) is 1.12. The zero-order chi connectivity index (χ0) is 10.6. The van der Waals surface area contributed by atoms with Gasteiger partial charge in [0, 0.05) is 12.1 Å². The highest BCUT2D eigenvalue weighted by molar-refractivity contribution is 5.49. The topological polar surface area (TPSA) is 58.7 Å². The average Bonchev–Trinajstić information content (AvgIpc) is 2.27. The van der Waals surface area contributed by atoms with E-state index in [0.29, 0.717) is 4.92 Å². The summed E-state index contributed by atoms with van der Waals surface area (Å²) in [6.45, 7) is 1.93. The lowest BCUT2D eigenvalue weighted by molar-refractivity contribution is -0.736. The van der Waals surface area contributed by atoms with Crippen LogP contribution in [-0.2, 0) is 11.3 Å². The Hall–Kier alpha value is -1.78. The minimum absolute atomic E-state index is 0.234. The highest BCUT2D eigenvalue weighted by atomic mass is 16.8. The SMILES string of the molecule is CCc1cc(N=O)cc([N+](=O)OC)c1. The Morgan fingerprint density at radius 2 is 2.14 bits per heavy atom. The van der Waals surface area contributed by atoms with E-state index < -0.39 is 0 Å². The van der Waals surface area contributed by atoms with E-state index in [2.05, 4.69) is 10.0 Å². The Balaban J connectivity index is 3.16. The van der Waals surface area contributed by atoms with E-state index in [0.717, 1.165) is 12.0 Å². The van der Waals surface area contributed by atoms with Crippen LogP contribution in [0.4, 0.5) is 11.4 Å². The zero-order valence-corrected chi connectivity index (χ0v) is 8.06. The number of rotatable bonds is 4. The zero-order valence-electron chi connectivity index (χ0n) is 8.06. The molecule has 74 valence electrons. The first kappa shape index (κ1) is 10.3. The molecule has 0 aliphatic carbocycles. The second-order valence-corrected chi connectivity index (χ2v) is 2.74. The van der Waals surface area contributed by atoms with Crippen LogP contribution in [0.3, 0.4) is 0 Å². The van der Waals surface area contributed by atoms with Crippen molar-refractivity contribution >= 4 is 11.4 Å². The van der Waals surface area contributed by atoms with Crippen LogP contribution in [0.5, 0.6) is 0 Å². The monoisotopic (exact) mass is 195 g/mol. The van der Waals surface area contributed by atoms with Crippen LogP contribution < -0.4 is 0 Å². The van der Waals surface area contributed by atoms with Gasteiger partial charge in [-0.3, -0.25) is 0 Å². The number of nitroso groups, excluding NO2 is 1. The minimum atomic E-state index is 0.234. The Kier molecular flexibility index (Phi) is 3.28. The molecule has 0 radical (unpaired) electrons. The van der Waals surface area contributed by atoms with Crippen molar-refractivity contribution in [3.63, 3.8) is 0 Å². The van der Waals surface area contributed by atoms with Crippen molar-refractivity contribution in [3.05, 3.63) is 33.6 Å². The first-order valence-electron chi connectivity index (χ1n) is 4.20. The van der Waals surface area contributed by atoms with Gasteiger partial charge in [0.05, 0.1) is 4.91 Å². The standard InChI is InChI=1S/C9H11N2O3/c1-3-7-4-8(10-12)6-9(5-7)11(13)14-2/h4-6H,3H2,1-2H3/q+1. The first-order chi connectivity index (χ1) is 6.71. The lowest BCUT2D eigenvalue weighted by atomic mass is 10.1. The predicted octanol–water partition coefficient (Wildman–Crippen LogP) is 2.62. The minimum Gasteiger partial charge on any atom is -0.230 e. The normalized spacial score (nSPS) is 9.57. The molecule has 0 N–H and O–H groups in total. The molecule has 0 unspecified atom stereocenters. The number of hydrogen-bond acceptors (Lipinski definition) is 4. The van der Waals surface area contributed by atoms with E-state index in [4.69, 9.17) is 0 Å². The molecule has 0 saturated heterocycles. The number of aryl methyl sites for hydroxylation is 1. The van der Waals surface area contributed by atoms with Gasteiger partial charge in [-0.05, 0) is 23.2 Å². The maximum atomic E-state index is 11.1. The molecule has 0 saturated carbocycles. The Morgan fingerprint density at radius 1 is 1.43 bits per heavy atom. The molecule has 5 nitrogen and oxygen atoms in total. The van der Waals surface area contributed by atoms with Crippen molar-refractivity contribution in [1.29, 1.82) is 0 Å². The van der Waals surface area contributed by atoms with Gasteiger partial charge in [-0.15, -0.1) is 4.91 Å². The van der Waals surface area contributed by atoms with E-state index in [1.54, 1.807) is 12.1 Å². The molecule has 0 aromatic heterocycles. The molecular formula is C9H11N2O3+. The molecule has 0 aliphatic rings. The molecule has 0 atom stereocenters. The summed E-state index contributed by atoms with van der Waals surface area (Å²) in [5.41, 5.74) is 1.38. The third kappa shape index (κ3) is 2.12. The summed E-state index contributed by atoms with van der Waals surface area (Å²) >= 11 is 0. The van der Waals surface area contributed by atoms with E-state index in [1.807, 2.05) is 6.92 Å². The van der Waals surface area contributed by atoms with Crippen molar-refractivity contribution in [1.82, 2.24) is 0 Å². The third-order valence-electron chi connectivity index (χ3n) is 1.85. The summed E-state index contributed by atoms with van der Waals surface area (Å²) in [5.74, 6) is 0. The smallest absolute Gasteiger partial charge is 0.230 e. The number of hydrogen-bond donors (Lipinski definition) is 0. The molecule has 1 rings (SSSR count). The molecule has 0 spiro atoms. The van der Waals surface area contributed by atoms with Crippen LogP contribution >= 0.6 is 0 Å². The summed E-state index contributed by atoms with van der Waals surface area (Å²) in [5, 5.41) is 2.79. The van der Waals surface area contributed by atoms with E-state index in [9.17, 15) is 9.81 Å². The third-order valence-corrected chi connectivity index (χ3v) is 1.85. The van der Waals surface area contributed by atoms with Crippen LogP contribution in [0.2, 0.25) is 0 Å². The van der Waals surface area contributed by atoms with E-state index in [1.165, 1.54) is 13.2 Å². The maximum absolute atomic E-state index is 11.1. The molecular weight excluding hydrogens is 184 g/mol. The van der Waals surface area contributed by atoms with E-state index in [-0.39, 0.29) is 11.4 Å². The lowest BCUT2D eigenvalue weighted by Crippen LogP contribution is -1.98. The highest BCUT2D eigenvalue weighted by Crippen LogP contribution is 2.23. The molecule has 0 fully saturated rings. The summed E-state index contributed by atoms with van der Waals surface area (Å²) in [4.78, 5) is 26.2. The van der Waals surface area contributed by atoms with Crippen LogP contribution in [0.25, 0.3) is 0 Å². The summed E-state index contributed by atoms with van der Waals surface area (Å²) < 4.78 is 0. The van der Waals surface area contributed by atoms with E-state index >= 15 is 0 Å². The van der Waals surface area contributed by atoms with Crippen molar-refractivity contribution < 1.29 is 9.76 Å². The largest absolute Gasteiger partial charge is 0.319 e. The van der Waals surface area contributed by atoms with Crippen LogP contribution in [0, 0.1) is 9.81 Å². The van der Waals surface area contributed by atoms with Gasteiger partial charge in [0.25, 0.3) is 4.92 Å². The lowest BCUT2D eigenvalue weighted by Gasteiger charge is -1.96. The molecule has 0 bridgehead atoms. The highest BCUT2D eigenvalue weighted by Gasteiger charge is 2.16. The van der Waals surface area contributed by atoms with Gasteiger partial charge < -0.3 is 0 Å². The first-order valence-corrected chi connectivity index (χ1v) is 4.20. The maximum Gasteiger partial charge on any atom is 0.319 e. The van der Waals surface area contributed by atoms with Gasteiger partial charge in [0.15, 0.2) is 7.11 Å². The van der Waals surface area contributed by atoms with Crippen LogP contribution in [0.1, 0.15) is 12.5 Å². The molecule has 0 amide bonds. The molecule has 0 aliphatic heterocycles. The Bertz CT molecular complexity index is 363. The number of benzene rings is 1. The second-order valence-electron chi connectivity index (χ2n) is 2.74. The Labute approximate surface area is 81.2 Å². The summed E-state index contributed by atoms with van der Waals surface area (Å²) in [6.07, 6.45) is 0.730.